The van der Waals surface area contributed by atoms with Gasteiger partial charge in [-0.1, -0.05) is 24.3 Å². The molecule has 10 nitrogen and oxygen atoms in total. The van der Waals surface area contributed by atoms with Crippen LogP contribution in [0.4, 0.5) is 4.79 Å². The van der Waals surface area contributed by atoms with Crippen molar-refractivity contribution < 1.29 is 23.9 Å². The third-order valence-corrected chi connectivity index (χ3v) is 6.49. The minimum absolute atomic E-state index is 0.104. The number of benzene rings is 2. The molecule has 2 aromatic carbocycles. The summed E-state index contributed by atoms with van der Waals surface area (Å²) in [5, 5.41) is 3.45. The van der Waals surface area contributed by atoms with Gasteiger partial charge in [0, 0.05) is 32.7 Å². The molecule has 2 aliphatic rings. The molecule has 10 heteroatoms. The highest BCUT2D eigenvalue weighted by molar-refractivity contribution is 6.08. The smallest absolute Gasteiger partial charge is 0.344 e. The number of urea groups is 1. The molecule has 186 valence electrons. The van der Waals surface area contributed by atoms with E-state index in [4.69, 9.17) is 9.47 Å². The maximum Gasteiger partial charge on any atom is 0.344 e. The summed E-state index contributed by atoms with van der Waals surface area (Å²) < 4.78 is 10.4. The van der Waals surface area contributed by atoms with Crippen molar-refractivity contribution in [2.24, 2.45) is 0 Å². The third kappa shape index (κ3) is 5.39. The van der Waals surface area contributed by atoms with E-state index in [9.17, 15) is 14.4 Å². The number of hydrazine groups is 1. The molecule has 2 aliphatic heterocycles. The number of carbonyl (C=O) groups is 3. The van der Waals surface area contributed by atoms with Crippen molar-refractivity contribution in [3.05, 3.63) is 59.7 Å². The molecule has 1 atom stereocenters. The number of methoxy groups -OCH3 is 2. The van der Waals surface area contributed by atoms with Crippen molar-refractivity contribution in [2.45, 2.75) is 19.0 Å². The van der Waals surface area contributed by atoms with Crippen LogP contribution in [0.2, 0.25) is 0 Å². The molecular formula is C25H31N5O5. The Morgan fingerprint density at radius 2 is 1.46 bits per heavy atom. The number of ether oxygens (including phenoxy) is 2. The molecule has 4 amide bonds. The SMILES string of the molecule is COc1ccc(CN2CCN(CC(=O)NN3C(=O)NC(C)(c4ccc(OC)cc4)C3=O)CC2)cc1. The van der Waals surface area contributed by atoms with Crippen LogP contribution >= 0.6 is 0 Å². The van der Waals surface area contributed by atoms with Crippen LogP contribution in [0.15, 0.2) is 48.5 Å². The van der Waals surface area contributed by atoms with Gasteiger partial charge in [0.1, 0.15) is 17.0 Å². The second-order valence-electron chi connectivity index (χ2n) is 8.86. The van der Waals surface area contributed by atoms with Crippen LogP contribution in [-0.4, -0.2) is 79.6 Å². The van der Waals surface area contributed by atoms with Gasteiger partial charge in [-0.05, 0) is 42.3 Å². The summed E-state index contributed by atoms with van der Waals surface area (Å²) in [5.41, 5.74) is 3.00. The van der Waals surface area contributed by atoms with Gasteiger partial charge in [0.25, 0.3) is 11.8 Å². The summed E-state index contributed by atoms with van der Waals surface area (Å²) in [6, 6.07) is 14.2. The molecule has 4 rings (SSSR count). The van der Waals surface area contributed by atoms with E-state index in [2.05, 4.69) is 27.8 Å². The lowest BCUT2D eigenvalue weighted by atomic mass is 9.92. The summed E-state index contributed by atoms with van der Waals surface area (Å²) in [4.78, 5) is 42.5. The molecule has 2 aromatic rings. The van der Waals surface area contributed by atoms with Crippen molar-refractivity contribution in [3.8, 4) is 11.5 Å². The Bertz CT molecular complexity index is 1070. The lowest BCUT2D eigenvalue weighted by Gasteiger charge is -2.34. The number of amides is 4. The second-order valence-corrected chi connectivity index (χ2v) is 8.86. The summed E-state index contributed by atoms with van der Waals surface area (Å²) >= 11 is 0. The van der Waals surface area contributed by atoms with E-state index in [0.717, 1.165) is 30.4 Å². The van der Waals surface area contributed by atoms with Crippen LogP contribution in [0, 0.1) is 0 Å². The summed E-state index contributed by atoms with van der Waals surface area (Å²) in [6.45, 7) is 5.61. The summed E-state index contributed by atoms with van der Waals surface area (Å²) in [6.07, 6.45) is 0. The maximum atomic E-state index is 13.0. The average molecular weight is 482 g/mol. The monoisotopic (exact) mass is 481 g/mol. The highest BCUT2D eigenvalue weighted by Gasteiger charge is 2.50. The molecule has 0 radical (unpaired) electrons. The van der Waals surface area contributed by atoms with E-state index in [1.807, 2.05) is 17.0 Å². The minimum atomic E-state index is -1.27. The van der Waals surface area contributed by atoms with Gasteiger partial charge in [-0.15, -0.1) is 0 Å². The first-order valence-electron chi connectivity index (χ1n) is 11.5. The van der Waals surface area contributed by atoms with Crippen LogP contribution in [0.25, 0.3) is 0 Å². The Labute approximate surface area is 204 Å². The molecule has 0 aliphatic carbocycles. The highest BCUT2D eigenvalue weighted by atomic mass is 16.5. The molecule has 0 bridgehead atoms. The van der Waals surface area contributed by atoms with Crippen molar-refractivity contribution in [2.75, 3.05) is 46.9 Å². The first-order valence-corrected chi connectivity index (χ1v) is 11.5. The average Bonchev–Trinajstić information content (AvgIpc) is 3.09. The van der Waals surface area contributed by atoms with Gasteiger partial charge in [0.05, 0.1) is 20.8 Å². The van der Waals surface area contributed by atoms with E-state index < -0.39 is 23.4 Å². The largest absolute Gasteiger partial charge is 0.497 e. The zero-order chi connectivity index (χ0) is 25.0. The van der Waals surface area contributed by atoms with E-state index >= 15 is 0 Å². The zero-order valence-corrected chi connectivity index (χ0v) is 20.2. The number of nitrogens with zero attached hydrogens (tertiary/aromatic N) is 3. The molecule has 2 fully saturated rings. The minimum Gasteiger partial charge on any atom is -0.497 e. The fraction of sp³-hybridized carbons (Fsp3) is 0.400. The summed E-state index contributed by atoms with van der Waals surface area (Å²) in [5.74, 6) is 0.531. The number of nitrogens with one attached hydrogen (secondary N) is 2. The van der Waals surface area contributed by atoms with Gasteiger partial charge in [-0.25, -0.2) is 4.79 Å². The summed E-state index contributed by atoms with van der Waals surface area (Å²) in [7, 11) is 3.20. The fourth-order valence-corrected chi connectivity index (χ4v) is 4.32. The molecular weight excluding hydrogens is 450 g/mol. The first kappa shape index (κ1) is 24.5. The molecule has 2 saturated heterocycles. The van der Waals surface area contributed by atoms with Gasteiger partial charge in [0.2, 0.25) is 0 Å². The van der Waals surface area contributed by atoms with Crippen molar-refractivity contribution in [3.63, 3.8) is 0 Å². The Morgan fingerprint density at radius 1 is 0.914 bits per heavy atom. The highest BCUT2D eigenvalue weighted by Crippen LogP contribution is 2.29. The standard InChI is InChI=1S/C25H31N5O5/c1-25(19-6-10-21(35-3)11-7-19)23(32)30(24(33)26-25)27-22(31)17-29-14-12-28(13-15-29)16-18-4-8-20(34-2)9-5-18/h4-11H,12-17H2,1-3H3,(H,26,33)(H,27,31). The maximum absolute atomic E-state index is 13.0. The topological polar surface area (TPSA) is 103 Å². The van der Waals surface area contributed by atoms with Crippen LogP contribution in [0.3, 0.4) is 0 Å². The van der Waals surface area contributed by atoms with Crippen LogP contribution < -0.4 is 20.2 Å². The van der Waals surface area contributed by atoms with Crippen molar-refractivity contribution in [1.29, 1.82) is 0 Å². The Balaban J connectivity index is 1.27. The van der Waals surface area contributed by atoms with E-state index in [1.54, 1.807) is 45.4 Å². The quantitative estimate of drug-likeness (QED) is 0.548. The molecule has 35 heavy (non-hydrogen) atoms. The normalized spacial score (nSPS) is 21.1. The van der Waals surface area contributed by atoms with Crippen LogP contribution in [0.1, 0.15) is 18.1 Å². The lowest BCUT2D eigenvalue weighted by Crippen LogP contribution is -2.53. The van der Waals surface area contributed by atoms with Crippen molar-refractivity contribution in [1.82, 2.24) is 25.6 Å². The molecule has 0 saturated carbocycles. The molecule has 0 spiro atoms. The predicted molar refractivity (Wildman–Crippen MR) is 129 cm³/mol. The van der Waals surface area contributed by atoms with Gasteiger partial charge >= 0.3 is 6.03 Å². The molecule has 2 N–H and O–H groups in total. The lowest BCUT2D eigenvalue weighted by molar-refractivity contribution is -0.139. The number of piperazine rings is 1. The third-order valence-electron chi connectivity index (χ3n) is 6.49. The van der Waals surface area contributed by atoms with E-state index in [1.165, 1.54) is 5.56 Å². The van der Waals surface area contributed by atoms with E-state index in [0.29, 0.717) is 24.4 Å². The fourth-order valence-electron chi connectivity index (χ4n) is 4.32. The van der Waals surface area contributed by atoms with Gasteiger partial charge in [-0.3, -0.25) is 24.8 Å². The second kappa shape index (κ2) is 10.3. The number of rotatable bonds is 8. The Hall–Kier alpha value is -3.63. The number of hydrogen-bond donors (Lipinski definition) is 2. The van der Waals surface area contributed by atoms with Crippen LogP contribution in [-0.2, 0) is 21.7 Å². The Morgan fingerprint density at radius 3 is 2.03 bits per heavy atom. The Kier molecular flexibility index (Phi) is 7.23. The molecule has 2 heterocycles. The van der Waals surface area contributed by atoms with Crippen molar-refractivity contribution >= 4 is 17.8 Å². The van der Waals surface area contributed by atoms with E-state index in [-0.39, 0.29) is 6.54 Å². The number of carbonyl (C=O) groups excluding carboxylic acids is 3. The molecule has 1 unspecified atom stereocenters. The first-order chi connectivity index (χ1) is 16.8. The van der Waals surface area contributed by atoms with Gasteiger partial charge < -0.3 is 14.8 Å². The number of imide groups is 1. The van der Waals surface area contributed by atoms with Gasteiger partial charge in [0.15, 0.2) is 0 Å². The van der Waals surface area contributed by atoms with Gasteiger partial charge in [-0.2, -0.15) is 5.01 Å². The predicted octanol–water partition coefficient (Wildman–Crippen LogP) is 1.32. The number of hydrogen-bond acceptors (Lipinski definition) is 7. The molecule has 0 aromatic heterocycles. The van der Waals surface area contributed by atoms with Crippen LogP contribution in [0.5, 0.6) is 11.5 Å². The zero-order valence-electron chi connectivity index (χ0n) is 20.2.